The minimum absolute atomic E-state index is 0.249. The maximum atomic E-state index is 12.4. The highest BCUT2D eigenvalue weighted by atomic mass is 16.2. The first kappa shape index (κ1) is 14.7. The Morgan fingerprint density at radius 3 is 3.05 bits per heavy atom. The van der Waals surface area contributed by atoms with Crippen molar-refractivity contribution < 1.29 is 4.79 Å². The van der Waals surface area contributed by atoms with Crippen LogP contribution in [-0.2, 0) is 11.3 Å². The minimum atomic E-state index is 0.249. The van der Waals surface area contributed by atoms with Gasteiger partial charge in [0, 0.05) is 56.3 Å². The topological polar surface area (TPSA) is 63.9 Å². The van der Waals surface area contributed by atoms with Crippen LogP contribution in [0.3, 0.4) is 0 Å². The summed E-state index contributed by atoms with van der Waals surface area (Å²) in [6, 6.07) is 1.96. The van der Waals surface area contributed by atoms with Gasteiger partial charge in [0.05, 0.1) is 6.33 Å². The predicted octanol–water partition coefficient (Wildman–Crippen LogP) is 1.86. The third-order valence-electron chi connectivity index (χ3n) is 4.16. The second-order valence-corrected chi connectivity index (χ2v) is 5.72. The summed E-state index contributed by atoms with van der Waals surface area (Å²) < 4.78 is 2.01. The standard InChI is InChI=1S/C16H21N5O/c22-16(4-2-8-20-10-7-18-13-20)21-9-1-3-14(11-21)15-5-6-17-12-19-15/h5-7,10,12-14H,1-4,8-9,11H2/t14-/m0/s1. The van der Waals surface area contributed by atoms with Gasteiger partial charge in [-0.3, -0.25) is 4.79 Å². The molecule has 0 spiro atoms. The van der Waals surface area contributed by atoms with Gasteiger partial charge in [-0.05, 0) is 25.3 Å². The number of imidazole rings is 1. The summed E-state index contributed by atoms with van der Waals surface area (Å²) in [6.45, 7) is 2.49. The highest BCUT2D eigenvalue weighted by molar-refractivity contribution is 5.76. The maximum absolute atomic E-state index is 12.4. The van der Waals surface area contributed by atoms with Crippen LogP contribution in [0, 0.1) is 0 Å². The van der Waals surface area contributed by atoms with E-state index in [1.807, 2.05) is 21.7 Å². The Morgan fingerprint density at radius 2 is 2.27 bits per heavy atom. The van der Waals surface area contributed by atoms with Crippen LogP contribution < -0.4 is 0 Å². The van der Waals surface area contributed by atoms with Crippen LogP contribution in [0.25, 0.3) is 0 Å². The number of amides is 1. The van der Waals surface area contributed by atoms with E-state index >= 15 is 0 Å². The number of nitrogens with zero attached hydrogens (tertiary/aromatic N) is 5. The smallest absolute Gasteiger partial charge is 0.222 e. The van der Waals surface area contributed by atoms with Gasteiger partial charge < -0.3 is 9.47 Å². The Balaban J connectivity index is 1.49. The molecule has 0 saturated carbocycles. The molecule has 0 aromatic carbocycles. The average Bonchev–Trinajstić information content (AvgIpc) is 3.09. The van der Waals surface area contributed by atoms with Crippen LogP contribution in [0.1, 0.15) is 37.3 Å². The molecule has 0 unspecified atom stereocenters. The van der Waals surface area contributed by atoms with Gasteiger partial charge in [-0.2, -0.15) is 0 Å². The fourth-order valence-electron chi connectivity index (χ4n) is 2.98. The Labute approximate surface area is 130 Å². The lowest BCUT2D eigenvalue weighted by Gasteiger charge is -2.32. The minimum Gasteiger partial charge on any atom is -0.342 e. The van der Waals surface area contributed by atoms with E-state index in [0.29, 0.717) is 12.3 Å². The summed E-state index contributed by atoms with van der Waals surface area (Å²) in [6.07, 6.45) is 12.4. The molecule has 22 heavy (non-hydrogen) atoms. The molecule has 0 radical (unpaired) electrons. The second-order valence-electron chi connectivity index (χ2n) is 5.72. The Hall–Kier alpha value is -2.24. The van der Waals surface area contributed by atoms with Gasteiger partial charge in [-0.25, -0.2) is 15.0 Å². The van der Waals surface area contributed by atoms with Crippen molar-refractivity contribution in [3.63, 3.8) is 0 Å². The average molecular weight is 299 g/mol. The highest BCUT2D eigenvalue weighted by Crippen LogP contribution is 2.25. The molecule has 3 rings (SSSR count). The molecule has 0 bridgehead atoms. The molecule has 116 valence electrons. The number of aromatic nitrogens is 4. The summed E-state index contributed by atoms with van der Waals surface area (Å²) in [5.41, 5.74) is 1.05. The number of piperidine rings is 1. The van der Waals surface area contributed by atoms with Gasteiger partial charge in [0.2, 0.25) is 5.91 Å². The first-order chi connectivity index (χ1) is 10.8. The molecule has 1 atom stereocenters. The SMILES string of the molecule is O=C(CCCn1ccnc1)N1CCC[C@H](c2ccncn2)C1. The van der Waals surface area contributed by atoms with Gasteiger partial charge >= 0.3 is 0 Å². The van der Waals surface area contributed by atoms with Crippen LogP contribution >= 0.6 is 0 Å². The van der Waals surface area contributed by atoms with Crippen molar-refractivity contribution in [2.75, 3.05) is 13.1 Å². The molecular weight excluding hydrogens is 278 g/mol. The van der Waals surface area contributed by atoms with Crippen LogP contribution in [0.2, 0.25) is 0 Å². The van der Waals surface area contributed by atoms with E-state index < -0.39 is 0 Å². The third-order valence-corrected chi connectivity index (χ3v) is 4.16. The molecule has 0 aliphatic carbocycles. The molecule has 6 heteroatoms. The van der Waals surface area contributed by atoms with Crippen molar-refractivity contribution in [1.29, 1.82) is 0 Å². The van der Waals surface area contributed by atoms with Gasteiger partial charge in [0.15, 0.2) is 0 Å². The first-order valence-corrected chi connectivity index (χ1v) is 7.82. The molecule has 2 aromatic heterocycles. The number of carbonyl (C=O) groups excluding carboxylic acids is 1. The van der Waals surface area contributed by atoms with E-state index in [1.165, 1.54) is 0 Å². The molecule has 1 amide bonds. The number of hydrogen-bond acceptors (Lipinski definition) is 4. The maximum Gasteiger partial charge on any atom is 0.222 e. The molecule has 3 heterocycles. The zero-order valence-electron chi connectivity index (χ0n) is 12.6. The van der Waals surface area contributed by atoms with Crippen molar-refractivity contribution in [3.8, 4) is 0 Å². The Morgan fingerprint density at radius 1 is 1.32 bits per heavy atom. The molecule has 6 nitrogen and oxygen atoms in total. The summed E-state index contributed by atoms with van der Waals surface area (Å²) in [5.74, 6) is 0.591. The third kappa shape index (κ3) is 3.69. The van der Waals surface area contributed by atoms with Crippen molar-refractivity contribution in [2.45, 2.75) is 38.1 Å². The first-order valence-electron chi connectivity index (χ1n) is 7.82. The summed E-state index contributed by atoms with van der Waals surface area (Å²) in [7, 11) is 0. The zero-order valence-corrected chi connectivity index (χ0v) is 12.6. The lowest BCUT2D eigenvalue weighted by Crippen LogP contribution is -2.39. The van der Waals surface area contributed by atoms with E-state index in [9.17, 15) is 4.79 Å². The molecule has 0 N–H and O–H groups in total. The predicted molar refractivity (Wildman–Crippen MR) is 82.0 cm³/mol. The molecule has 1 aliphatic rings. The number of likely N-dealkylation sites (tertiary alicyclic amines) is 1. The van der Waals surface area contributed by atoms with Crippen molar-refractivity contribution in [1.82, 2.24) is 24.4 Å². The fraction of sp³-hybridized carbons (Fsp3) is 0.500. The van der Waals surface area contributed by atoms with Crippen LogP contribution in [0.15, 0.2) is 37.3 Å². The van der Waals surface area contributed by atoms with Crippen molar-refractivity contribution in [2.24, 2.45) is 0 Å². The summed E-state index contributed by atoms with van der Waals surface area (Å²) in [5, 5.41) is 0. The van der Waals surface area contributed by atoms with E-state index in [4.69, 9.17) is 0 Å². The molecule has 1 saturated heterocycles. The van der Waals surface area contributed by atoms with Crippen LogP contribution in [0.4, 0.5) is 0 Å². The summed E-state index contributed by atoms with van der Waals surface area (Å²) in [4.78, 5) is 26.7. The van der Waals surface area contributed by atoms with Gasteiger partial charge in [0.1, 0.15) is 6.33 Å². The Kier molecular flexibility index (Phi) is 4.78. The van der Waals surface area contributed by atoms with Crippen LogP contribution in [-0.4, -0.2) is 43.4 Å². The van der Waals surface area contributed by atoms with Gasteiger partial charge in [-0.15, -0.1) is 0 Å². The largest absolute Gasteiger partial charge is 0.342 e. The number of carbonyl (C=O) groups is 1. The van der Waals surface area contributed by atoms with E-state index in [2.05, 4.69) is 15.0 Å². The molecule has 1 fully saturated rings. The van der Waals surface area contributed by atoms with E-state index in [-0.39, 0.29) is 5.91 Å². The highest BCUT2D eigenvalue weighted by Gasteiger charge is 2.25. The molecule has 1 aliphatic heterocycles. The number of rotatable bonds is 5. The van der Waals surface area contributed by atoms with Crippen molar-refractivity contribution in [3.05, 3.63) is 43.0 Å². The lowest BCUT2D eigenvalue weighted by atomic mass is 9.94. The van der Waals surface area contributed by atoms with Crippen molar-refractivity contribution >= 4 is 5.91 Å². The molecule has 2 aromatic rings. The fourth-order valence-corrected chi connectivity index (χ4v) is 2.98. The second kappa shape index (κ2) is 7.15. The molecular formula is C16H21N5O. The quantitative estimate of drug-likeness (QED) is 0.845. The normalized spacial score (nSPS) is 18.4. The van der Waals surface area contributed by atoms with E-state index in [1.54, 1.807) is 25.0 Å². The van der Waals surface area contributed by atoms with Gasteiger partial charge in [-0.1, -0.05) is 0 Å². The lowest BCUT2D eigenvalue weighted by molar-refractivity contribution is -0.132. The van der Waals surface area contributed by atoms with Gasteiger partial charge in [0.25, 0.3) is 0 Å². The Bertz CT molecular complexity index is 584. The summed E-state index contributed by atoms with van der Waals surface area (Å²) >= 11 is 0. The van der Waals surface area contributed by atoms with Crippen LogP contribution in [0.5, 0.6) is 0 Å². The number of hydrogen-bond donors (Lipinski definition) is 0. The number of aryl methyl sites for hydroxylation is 1. The van der Waals surface area contributed by atoms with E-state index in [0.717, 1.165) is 44.6 Å². The monoisotopic (exact) mass is 299 g/mol. The zero-order chi connectivity index (χ0) is 15.2.